The molecule has 14 heavy (non-hydrogen) atoms. The third-order valence-corrected chi connectivity index (χ3v) is 1.99. The van der Waals surface area contributed by atoms with Gasteiger partial charge in [0, 0.05) is 18.1 Å². The molecule has 0 aromatic heterocycles. The summed E-state index contributed by atoms with van der Waals surface area (Å²) in [5.41, 5.74) is 0.0606. The van der Waals surface area contributed by atoms with Crippen molar-refractivity contribution in [3.63, 3.8) is 0 Å². The fraction of sp³-hybridized carbons (Fsp3) is 0.333. The highest BCUT2D eigenvalue weighted by molar-refractivity contribution is 5.42. The number of rotatable bonds is 3. The molecule has 76 valence electrons. The Balaban J connectivity index is 3.21. The highest BCUT2D eigenvalue weighted by atomic mass is 19.1. The second kappa shape index (κ2) is 4.15. The number of hydrogen-bond acceptors (Lipinski definition) is 3. The van der Waals surface area contributed by atoms with Crippen LogP contribution in [0.25, 0.3) is 0 Å². The van der Waals surface area contributed by atoms with Crippen LogP contribution in [0.2, 0.25) is 0 Å². The van der Waals surface area contributed by atoms with Crippen LogP contribution in [0, 0.1) is 15.9 Å². The molecule has 0 spiro atoms. The highest BCUT2D eigenvalue weighted by Gasteiger charge is 2.18. The summed E-state index contributed by atoms with van der Waals surface area (Å²) < 4.78 is 12.7. The molecule has 0 radical (unpaired) electrons. The number of aliphatic hydroxyl groups excluding tert-OH is 1. The van der Waals surface area contributed by atoms with Crippen LogP contribution in [0.3, 0.4) is 0 Å². The number of nitrogens with zero attached hydrogens (tertiary/aromatic N) is 1. The summed E-state index contributed by atoms with van der Waals surface area (Å²) in [4.78, 5) is 9.90. The summed E-state index contributed by atoms with van der Waals surface area (Å²) in [5.74, 6) is -1.01. The number of benzene rings is 1. The van der Waals surface area contributed by atoms with Gasteiger partial charge in [-0.25, -0.2) is 4.39 Å². The summed E-state index contributed by atoms with van der Waals surface area (Å²) in [6.45, 7) is 1.44. The average Bonchev–Trinajstić information content (AvgIpc) is 2.16. The molecule has 0 bridgehead atoms. The van der Waals surface area contributed by atoms with E-state index in [0.29, 0.717) is 5.56 Å². The Morgan fingerprint density at radius 2 is 2.29 bits per heavy atom. The SMILES string of the molecule is C[C@@H](CO)c1ccc(F)cc1[N+](=O)[O-]. The molecule has 0 unspecified atom stereocenters. The fourth-order valence-corrected chi connectivity index (χ4v) is 1.19. The summed E-state index contributed by atoms with van der Waals surface area (Å²) in [5, 5.41) is 19.4. The van der Waals surface area contributed by atoms with Crippen LogP contribution in [-0.2, 0) is 0 Å². The summed E-state index contributed by atoms with van der Waals surface area (Å²) >= 11 is 0. The van der Waals surface area contributed by atoms with E-state index in [9.17, 15) is 14.5 Å². The first-order valence-electron chi connectivity index (χ1n) is 4.11. The van der Waals surface area contributed by atoms with E-state index in [1.165, 1.54) is 6.07 Å². The molecule has 5 heteroatoms. The van der Waals surface area contributed by atoms with Crippen LogP contribution in [0.1, 0.15) is 18.4 Å². The minimum atomic E-state index is -0.648. The number of nitro groups is 1. The van der Waals surface area contributed by atoms with Crippen molar-refractivity contribution >= 4 is 5.69 Å². The van der Waals surface area contributed by atoms with Crippen LogP contribution >= 0.6 is 0 Å². The first-order chi connectivity index (χ1) is 6.56. The molecule has 1 aromatic rings. The Kier molecular flexibility index (Phi) is 3.14. The molecule has 0 amide bonds. The zero-order chi connectivity index (χ0) is 10.7. The zero-order valence-corrected chi connectivity index (χ0v) is 7.61. The van der Waals surface area contributed by atoms with Crippen LogP contribution in [0.5, 0.6) is 0 Å². The van der Waals surface area contributed by atoms with E-state index in [2.05, 4.69) is 0 Å². The van der Waals surface area contributed by atoms with Gasteiger partial charge in [0.15, 0.2) is 0 Å². The molecule has 0 aliphatic rings. The first-order valence-corrected chi connectivity index (χ1v) is 4.11. The molecule has 1 atom stereocenters. The van der Waals surface area contributed by atoms with Crippen molar-refractivity contribution in [3.8, 4) is 0 Å². The molecule has 0 aliphatic carbocycles. The Hall–Kier alpha value is -1.49. The topological polar surface area (TPSA) is 63.4 Å². The lowest BCUT2D eigenvalue weighted by Crippen LogP contribution is -2.03. The molecule has 0 saturated heterocycles. The predicted molar refractivity (Wildman–Crippen MR) is 48.6 cm³/mol. The molecule has 1 aromatic carbocycles. The maximum Gasteiger partial charge on any atom is 0.275 e. The average molecular weight is 199 g/mol. The van der Waals surface area contributed by atoms with Gasteiger partial charge < -0.3 is 5.11 Å². The van der Waals surface area contributed by atoms with Crippen molar-refractivity contribution in [1.29, 1.82) is 0 Å². The lowest BCUT2D eigenvalue weighted by molar-refractivity contribution is -0.385. The molecule has 0 heterocycles. The van der Waals surface area contributed by atoms with E-state index in [4.69, 9.17) is 5.11 Å². The Bertz CT molecular complexity index is 354. The van der Waals surface area contributed by atoms with Crippen LogP contribution in [0.15, 0.2) is 18.2 Å². The first kappa shape index (κ1) is 10.6. The van der Waals surface area contributed by atoms with Gasteiger partial charge in [0.05, 0.1) is 11.0 Å². The van der Waals surface area contributed by atoms with Crippen molar-refractivity contribution in [1.82, 2.24) is 0 Å². The Morgan fingerprint density at radius 3 is 2.79 bits per heavy atom. The van der Waals surface area contributed by atoms with Crippen molar-refractivity contribution < 1.29 is 14.4 Å². The number of nitro benzene ring substituents is 1. The summed E-state index contributed by atoms with van der Waals surface area (Å²) in [7, 11) is 0. The van der Waals surface area contributed by atoms with Gasteiger partial charge in [0.2, 0.25) is 0 Å². The van der Waals surface area contributed by atoms with Gasteiger partial charge in [0.25, 0.3) is 5.69 Å². The van der Waals surface area contributed by atoms with E-state index in [-0.39, 0.29) is 18.2 Å². The smallest absolute Gasteiger partial charge is 0.275 e. The van der Waals surface area contributed by atoms with Gasteiger partial charge in [-0.05, 0) is 12.1 Å². The zero-order valence-electron chi connectivity index (χ0n) is 7.61. The quantitative estimate of drug-likeness (QED) is 0.596. The van der Waals surface area contributed by atoms with Gasteiger partial charge in [-0.15, -0.1) is 0 Å². The van der Waals surface area contributed by atoms with E-state index in [0.717, 1.165) is 12.1 Å². The third kappa shape index (κ3) is 2.05. The minimum absolute atomic E-state index is 0.202. The number of hydrogen-bond donors (Lipinski definition) is 1. The van der Waals surface area contributed by atoms with Gasteiger partial charge in [-0.2, -0.15) is 0 Å². The third-order valence-electron chi connectivity index (χ3n) is 1.99. The van der Waals surface area contributed by atoms with E-state index >= 15 is 0 Å². The minimum Gasteiger partial charge on any atom is -0.396 e. The van der Waals surface area contributed by atoms with Gasteiger partial charge in [0.1, 0.15) is 5.82 Å². The molecule has 0 fully saturated rings. The normalized spacial score (nSPS) is 12.5. The Labute approximate surface area is 80.1 Å². The molecule has 4 nitrogen and oxygen atoms in total. The van der Waals surface area contributed by atoms with Crippen LogP contribution in [0.4, 0.5) is 10.1 Å². The number of aliphatic hydroxyl groups is 1. The molecular formula is C9H10FNO3. The van der Waals surface area contributed by atoms with E-state index in [1.807, 2.05) is 0 Å². The monoisotopic (exact) mass is 199 g/mol. The maximum atomic E-state index is 12.7. The second-order valence-electron chi connectivity index (χ2n) is 3.04. The lowest BCUT2D eigenvalue weighted by Gasteiger charge is -2.08. The highest BCUT2D eigenvalue weighted by Crippen LogP contribution is 2.26. The van der Waals surface area contributed by atoms with Gasteiger partial charge in [-0.1, -0.05) is 6.92 Å². The van der Waals surface area contributed by atoms with Crippen LogP contribution < -0.4 is 0 Å². The summed E-state index contributed by atoms with van der Waals surface area (Å²) in [6, 6.07) is 3.34. The molecule has 0 saturated carbocycles. The van der Waals surface area contributed by atoms with Crippen molar-refractivity contribution in [2.24, 2.45) is 0 Å². The Morgan fingerprint density at radius 1 is 1.64 bits per heavy atom. The standard InChI is InChI=1S/C9H10FNO3/c1-6(5-12)8-3-2-7(10)4-9(8)11(13)14/h2-4,6,12H,5H2,1H3/t6-/m0/s1. The van der Waals surface area contributed by atoms with Crippen molar-refractivity contribution in [2.45, 2.75) is 12.8 Å². The van der Waals surface area contributed by atoms with Crippen molar-refractivity contribution in [2.75, 3.05) is 6.61 Å². The van der Waals surface area contributed by atoms with E-state index < -0.39 is 10.7 Å². The van der Waals surface area contributed by atoms with Crippen LogP contribution in [-0.4, -0.2) is 16.6 Å². The number of halogens is 1. The fourth-order valence-electron chi connectivity index (χ4n) is 1.19. The lowest BCUT2D eigenvalue weighted by atomic mass is 10.0. The largest absolute Gasteiger partial charge is 0.396 e. The molecule has 1 rings (SSSR count). The van der Waals surface area contributed by atoms with E-state index in [1.54, 1.807) is 6.92 Å². The maximum absolute atomic E-state index is 12.7. The van der Waals surface area contributed by atoms with Gasteiger partial charge >= 0.3 is 0 Å². The second-order valence-corrected chi connectivity index (χ2v) is 3.04. The summed E-state index contributed by atoms with van der Waals surface area (Å²) in [6.07, 6.45) is 0. The van der Waals surface area contributed by atoms with Gasteiger partial charge in [-0.3, -0.25) is 10.1 Å². The predicted octanol–water partition coefficient (Wildman–Crippen LogP) is 1.83. The molecule has 0 aliphatic heterocycles. The molecule has 1 N–H and O–H groups in total. The molecular weight excluding hydrogens is 189 g/mol. The van der Waals surface area contributed by atoms with Crippen molar-refractivity contribution in [3.05, 3.63) is 39.7 Å².